The van der Waals surface area contributed by atoms with Crippen molar-refractivity contribution in [1.82, 2.24) is 0 Å². The molecule has 5 heteroatoms. The smallest absolute Gasteiger partial charge is 0.373 e. The molecule has 2 aromatic rings. The summed E-state index contributed by atoms with van der Waals surface area (Å²) in [6.07, 6.45) is 0. The van der Waals surface area contributed by atoms with Crippen molar-refractivity contribution in [3.63, 3.8) is 0 Å². The largest absolute Gasteiger partial charge is 0.537 e. The van der Waals surface area contributed by atoms with Gasteiger partial charge in [0.2, 0.25) is 0 Å². The third-order valence-electron chi connectivity index (χ3n) is 2.93. The molecule has 0 aliphatic rings. The summed E-state index contributed by atoms with van der Waals surface area (Å²) in [5.74, 6) is 0. The van der Waals surface area contributed by atoms with Crippen LogP contribution in [0.2, 0.25) is 0 Å². The van der Waals surface area contributed by atoms with Gasteiger partial charge in [-0.05, 0) is 21.7 Å². The molecule has 0 radical (unpaired) electrons. The highest BCUT2D eigenvalue weighted by Gasteiger charge is 2.41. The molecule has 0 heterocycles. The molecule has 2 rings (SSSR count). The third-order valence-corrected chi connectivity index (χ3v) is 5.63. The number of benzene rings is 2. The van der Waals surface area contributed by atoms with Gasteiger partial charge in [0.1, 0.15) is 0 Å². The summed E-state index contributed by atoms with van der Waals surface area (Å²) in [7, 11) is 2.12. The Hall–Kier alpha value is -0.986. The second-order valence-electron chi connectivity index (χ2n) is 3.70. The van der Waals surface area contributed by atoms with E-state index in [2.05, 4.69) is 18.2 Å². The number of hydrogen-bond donors (Lipinski definition) is 0. The lowest BCUT2D eigenvalue weighted by Gasteiger charge is -2.25. The van der Waals surface area contributed by atoms with E-state index in [1.54, 1.807) is 21.3 Å². The maximum Gasteiger partial charge on any atom is 0.537 e. The van der Waals surface area contributed by atoms with Gasteiger partial charge in [-0.25, -0.2) is 0 Å². The van der Waals surface area contributed by atoms with Crippen molar-refractivity contribution in [2.24, 2.45) is 0 Å². The lowest BCUT2D eigenvalue weighted by Crippen LogP contribution is -2.54. The molecule has 0 N–H and O–H groups in total. The minimum Gasteiger partial charge on any atom is -0.373 e. The Kier molecular flexibility index (Phi) is 5.24. The minimum absolute atomic E-state index is 0. The second-order valence-corrected chi connectivity index (χ2v) is 6.57. The molecule has 0 unspecified atom stereocenters. The van der Waals surface area contributed by atoms with E-state index in [9.17, 15) is 0 Å². The molecule has 0 fully saturated rings. The maximum atomic E-state index is 5.52. The van der Waals surface area contributed by atoms with Crippen molar-refractivity contribution in [1.29, 1.82) is 0 Å². The summed E-state index contributed by atoms with van der Waals surface area (Å²) >= 11 is 0. The van der Waals surface area contributed by atoms with Crippen LogP contribution in [0.5, 0.6) is 0 Å². The SMILES string of the molecule is CO[Si](OC)(OC)c1cccc2ccccc12.[SiH4]. The highest BCUT2D eigenvalue weighted by molar-refractivity contribution is 6.77. The lowest BCUT2D eigenvalue weighted by molar-refractivity contribution is 0.140. The Bertz CT molecular complexity index is 499. The van der Waals surface area contributed by atoms with Crippen molar-refractivity contribution >= 4 is 35.7 Å². The summed E-state index contributed by atoms with van der Waals surface area (Å²) in [5, 5.41) is 3.28. The number of hydrogen-bond acceptors (Lipinski definition) is 3. The Morgan fingerprint density at radius 1 is 0.778 bits per heavy atom. The van der Waals surface area contributed by atoms with Crippen LogP contribution in [0.1, 0.15) is 0 Å². The van der Waals surface area contributed by atoms with Gasteiger partial charge in [0.05, 0.1) is 0 Å². The monoisotopic (exact) mass is 280 g/mol. The zero-order valence-corrected chi connectivity index (χ0v) is 11.3. The molecular formula is C13H20O3Si2. The summed E-state index contributed by atoms with van der Waals surface area (Å²) in [6, 6.07) is 14.2. The fourth-order valence-electron chi connectivity index (χ4n) is 2.07. The van der Waals surface area contributed by atoms with Crippen molar-refractivity contribution in [3.8, 4) is 0 Å². The van der Waals surface area contributed by atoms with Crippen molar-refractivity contribution in [2.45, 2.75) is 0 Å². The van der Waals surface area contributed by atoms with Crippen LogP contribution in [0, 0.1) is 0 Å². The molecule has 0 atom stereocenters. The van der Waals surface area contributed by atoms with Crippen LogP contribution >= 0.6 is 0 Å². The molecule has 3 nitrogen and oxygen atoms in total. The van der Waals surface area contributed by atoms with Gasteiger partial charge in [-0.2, -0.15) is 0 Å². The number of fused-ring (bicyclic) bond motifs is 1. The summed E-state index contributed by atoms with van der Waals surface area (Å²) in [4.78, 5) is 0. The maximum absolute atomic E-state index is 5.52. The van der Waals surface area contributed by atoms with Crippen molar-refractivity contribution < 1.29 is 13.3 Å². The van der Waals surface area contributed by atoms with Crippen molar-refractivity contribution in [3.05, 3.63) is 42.5 Å². The van der Waals surface area contributed by atoms with E-state index in [4.69, 9.17) is 13.3 Å². The second kappa shape index (κ2) is 6.26. The highest BCUT2D eigenvalue weighted by Crippen LogP contribution is 2.16. The lowest BCUT2D eigenvalue weighted by atomic mass is 10.1. The van der Waals surface area contributed by atoms with Crippen LogP contribution in [0.15, 0.2) is 42.5 Å². The zero-order chi connectivity index (χ0) is 12.3. The van der Waals surface area contributed by atoms with Gasteiger partial charge >= 0.3 is 8.80 Å². The first-order chi connectivity index (χ1) is 8.27. The number of rotatable bonds is 4. The molecule has 2 aromatic carbocycles. The molecule has 0 saturated carbocycles. The zero-order valence-electron chi connectivity index (χ0n) is 10.3. The molecule has 0 aromatic heterocycles. The highest BCUT2D eigenvalue weighted by atomic mass is 28.4. The standard InChI is InChI=1S/C13H16O3Si.H4Si/c1-14-17(15-2,16-3)13-10-6-8-11-7-4-5-9-12(11)13;/h4-10H,1-3H3;1H4. The van der Waals surface area contributed by atoms with Gasteiger partial charge in [0, 0.05) is 26.5 Å². The van der Waals surface area contributed by atoms with Gasteiger partial charge in [-0.1, -0.05) is 42.5 Å². The van der Waals surface area contributed by atoms with E-state index < -0.39 is 8.80 Å². The average molecular weight is 280 g/mol. The van der Waals surface area contributed by atoms with Gasteiger partial charge in [0.15, 0.2) is 0 Å². The summed E-state index contributed by atoms with van der Waals surface area (Å²) < 4.78 is 16.6. The molecule has 0 saturated heterocycles. The molecular weight excluding hydrogens is 260 g/mol. The quantitative estimate of drug-likeness (QED) is 0.762. The normalized spacial score (nSPS) is 11.3. The van der Waals surface area contributed by atoms with E-state index in [1.807, 2.05) is 24.3 Å². The van der Waals surface area contributed by atoms with Gasteiger partial charge in [0.25, 0.3) is 0 Å². The van der Waals surface area contributed by atoms with E-state index in [1.165, 1.54) is 0 Å². The van der Waals surface area contributed by atoms with Crippen LogP contribution in [0.4, 0.5) is 0 Å². The van der Waals surface area contributed by atoms with Crippen molar-refractivity contribution in [2.75, 3.05) is 21.3 Å². The van der Waals surface area contributed by atoms with Crippen LogP contribution in [-0.2, 0) is 13.3 Å². The summed E-state index contributed by atoms with van der Waals surface area (Å²) in [5.41, 5.74) is 0. The first-order valence-corrected chi connectivity index (χ1v) is 7.13. The van der Waals surface area contributed by atoms with Gasteiger partial charge < -0.3 is 13.3 Å². The van der Waals surface area contributed by atoms with Gasteiger partial charge in [-0.3, -0.25) is 0 Å². The molecule has 0 amide bonds. The molecule has 18 heavy (non-hydrogen) atoms. The predicted molar refractivity (Wildman–Crippen MR) is 81.7 cm³/mol. The van der Waals surface area contributed by atoms with Crippen LogP contribution in [-0.4, -0.2) is 41.1 Å². The topological polar surface area (TPSA) is 27.7 Å². The van der Waals surface area contributed by atoms with Gasteiger partial charge in [-0.15, -0.1) is 0 Å². The Morgan fingerprint density at radius 2 is 1.33 bits per heavy atom. The minimum atomic E-state index is -2.76. The summed E-state index contributed by atoms with van der Waals surface area (Å²) in [6.45, 7) is 0. The van der Waals surface area contributed by atoms with Crippen LogP contribution < -0.4 is 5.19 Å². The van der Waals surface area contributed by atoms with Crippen LogP contribution in [0.3, 0.4) is 0 Å². The fourth-order valence-corrected chi connectivity index (χ4v) is 4.09. The first kappa shape index (κ1) is 15.1. The Balaban J connectivity index is 0.00000162. The van der Waals surface area contributed by atoms with E-state index >= 15 is 0 Å². The molecule has 98 valence electrons. The third kappa shape index (κ3) is 2.41. The molecule has 0 bridgehead atoms. The Labute approximate surface area is 113 Å². The van der Waals surface area contributed by atoms with E-state index in [0.717, 1.165) is 16.0 Å². The Morgan fingerprint density at radius 3 is 1.94 bits per heavy atom. The fraction of sp³-hybridized carbons (Fsp3) is 0.231. The molecule has 0 aliphatic carbocycles. The molecule has 0 aliphatic heterocycles. The average Bonchev–Trinajstić information content (AvgIpc) is 2.41. The van der Waals surface area contributed by atoms with E-state index in [-0.39, 0.29) is 11.0 Å². The van der Waals surface area contributed by atoms with Crippen LogP contribution in [0.25, 0.3) is 10.8 Å². The first-order valence-electron chi connectivity index (χ1n) is 5.41. The molecule has 0 spiro atoms. The van der Waals surface area contributed by atoms with E-state index in [0.29, 0.717) is 0 Å². The predicted octanol–water partition coefficient (Wildman–Crippen LogP) is 0.473.